The number of nitriles is 2. The van der Waals surface area contributed by atoms with E-state index in [1.165, 1.54) is 10.9 Å². The Morgan fingerprint density at radius 2 is 2.08 bits per heavy atom. The van der Waals surface area contributed by atoms with Gasteiger partial charge in [-0.05, 0) is 5.92 Å². The van der Waals surface area contributed by atoms with Gasteiger partial charge in [0.15, 0.2) is 11.5 Å². The van der Waals surface area contributed by atoms with Crippen LogP contribution < -0.4 is 11.5 Å². The minimum atomic E-state index is -1.52. The number of hydrogen-bond acceptors (Lipinski definition) is 7. The van der Waals surface area contributed by atoms with Crippen molar-refractivity contribution in [2.75, 3.05) is 11.5 Å². The molecule has 0 amide bonds. The molecule has 2 atom stereocenters. The normalized spacial score (nSPS) is 18.2. The van der Waals surface area contributed by atoms with Gasteiger partial charge < -0.3 is 16.6 Å². The van der Waals surface area contributed by atoms with Crippen LogP contribution in [0.4, 0.5) is 11.6 Å². The van der Waals surface area contributed by atoms with Crippen molar-refractivity contribution in [2.24, 2.45) is 11.8 Å². The molecule has 9 heteroatoms. The van der Waals surface area contributed by atoms with E-state index in [0.29, 0.717) is 11.6 Å². The van der Waals surface area contributed by atoms with E-state index in [-0.39, 0.29) is 35.1 Å². The van der Waals surface area contributed by atoms with Gasteiger partial charge >= 0.3 is 0 Å². The number of nitrogens with zero attached hydrogens (tertiary/aromatic N) is 5. The Kier molecular flexibility index (Phi) is 4.58. The molecular weight excluding hydrogens is 332 g/mol. The largest absolute Gasteiger partial charge is 0.383 e. The smallest absolute Gasteiger partial charge is 0.168 e. The summed E-state index contributed by atoms with van der Waals surface area (Å²) in [5.41, 5.74) is 11.1. The summed E-state index contributed by atoms with van der Waals surface area (Å²) in [5, 5.41) is 41.0. The Bertz CT molecular complexity index is 880. The van der Waals surface area contributed by atoms with E-state index in [4.69, 9.17) is 11.5 Å². The molecule has 1 aliphatic rings. The number of anilines is 2. The van der Waals surface area contributed by atoms with Gasteiger partial charge in [-0.25, -0.2) is 4.68 Å². The maximum absolute atomic E-state index is 11.7. The monoisotopic (exact) mass is 354 g/mol. The molecule has 0 radical (unpaired) electrons. The average molecular weight is 354 g/mol. The minimum Gasteiger partial charge on any atom is -0.383 e. The van der Waals surface area contributed by atoms with Crippen molar-refractivity contribution >= 4 is 11.6 Å². The first-order valence-corrected chi connectivity index (χ1v) is 8.61. The molecule has 1 saturated carbocycles. The summed E-state index contributed by atoms with van der Waals surface area (Å²) < 4.78 is 1.30. The third-order valence-electron chi connectivity index (χ3n) is 5.55. The number of aromatic amines is 1. The van der Waals surface area contributed by atoms with Gasteiger partial charge in [0, 0.05) is 12.3 Å². The molecule has 2 aromatic rings. The quantitative estimate of drug-likeness (QED) is 0.626. The highest BCUT2D eigenvalue weighted by Crippen LogP contribution is 2.42. The molecule has 0 aromatic carbocycles. The zero-order valence-electron chi connectivity index (χ0n) is 14.6. The van der Waals surface area contributed by atoms with Gasteiger partial charge in [0.05, 0.1) is 11.9 Å². The van der Waals surface area contributed by atoms with E-state index in [1.54, 1.807) is 0 Å². The summed E-state index contributed by atoms with van der Waals surface area (Å²) in [7, 11) is 0. The minimum absolute atomic E-state index is 0.0362. The van der Waals surface area contributed by atoms with Crippen molar-refractivity contribution in [3.8, 4) is 12.1 Å². The molecule has 26 heavy (non-hydrogen) atoms. The molecule has 136 valence electrons. The van der Waals surface area contributed by atoms with Gasteiger partial charge in [-0.1, -0.05) is 32.6 Å². The summed E-state index contributed by atoms with van der Waals surface area (Å²) in [6.07, 6.45) is 5.62. The number of rotatable bonds is 5. The van der Waals surface area contributed by atoms with Crippen LogP contribution in [-0.4, -0.2) is 25.1 Å². The van der Waals surface area contributed by atoms with E-state index in [0.717, 1.165) is 25.7 Å². The van der Waals surface area contributed by atoms with Crippen LogP contribution in [0.5, 0.6) is 0 Å². The van der Waals surface area contributed by atoms with Gasteiger partial charge in [0.25, 0.3) is 0 Å². The van der Waals surface area contributed by atoms with Gasteiger partial charge in [-0.2, -0.15) is 20.7 Å². The zero-order valence-corrected chi connectivity index (χ0v) is 14.6. The van der Waals surface area contributed by atoms with Crippen LogP contribution in [0.1, 0.15) is 49.4 Å². The SMILES string of the molecule is CC(C1CCCC1)C(O)(Cc1[nH]nc(N)c1C#N)n1ncc(C#N)c1N. The third-order valence-corrected chi connectivity index (χ3v) is 5.55. The van der Waals surface area contributed by atoms with Crippen LogP contribution >= 0.6 is 0 Å². The molecule has 0 spiro atoms. The van der Waals surface area contributed by atoms with Crippen LogP contribution in [0.15, 0.2) is 6.20 Å². The average Bonchev–Trinajstić information content (AvgIpc) is 3.35. The number of H-pyrrole nitrogens is 1. The van der Waals surface area contributed by atoms with Crippen molar-refractivity contribution in [3.63, 3.8) is 0 Å². The van der Waals surface area contributed by atoms with Gasteiger partial charge in [0.1, 0.15) is 29.1 Å². The lowest BCUT2D eigenvalue weighted by molar-refractivity contribution is -0.112. The maximum Gasteiger partial charge on any atom is 0.168 e. The second kappa shape index (κ2) is 6.70. The summed E-state index contributed by atoms with van der Waals surface area (Å²) in [6, 6.07) is 3.99. The van der Waals surface area contributed by atoms with Crippen molar-refractivity contribution in [2.45, 2.75) is 44.8 Å². The Balaban J connectivity index is 2.07. The highest BCUT2D eigenvalue weighted by atomic mass is 16.3. The third kappa shape index (κ3) is 2.76. The standard InChI is InChI=1S/C17H22N8O/c1-10(11-4-2-3-5-11)17(26,25-16(21)12(7-18)9-22-25)6-14-13(8-19)15(20)24-23-14/h9-11,26H,2-6,21H2,1H3,(H3,20,23,24). The first-order chi connectivity index (χ1) is 12.4. The number of hydrogen-bond donors (Lipinski definition) is 4. The second-order valence-corrected chi connectivity index (χ2v) is 6.93. The second-order valence-electron chi connectivity index (χ2n) is 6.93. The summed E-state index contributed by atoms with van der Waals surface area (Å²) in [6.45, 7) is 1.95. The number of aromatic nitrogens is 4. The van der Waals surface area contributed by atoms with E-state index in [2.05, 4.69) is 15.3 Å². The van der Waals surface area contributed by atoms with Crippen molar-refractivity contribution < 1.29 is 5.11 Å². The number of nitrogen functional groups attached to an aromatic ring is 2. The highest BCUT2D eigenvalue weighted by Gasteiger charge is 2.44. The molecule has 0 saturated heterocycles. The molecule has 3 rings (SSSR count). The van der Waals surface area contributed by atoms with Crippen molar-refractivity contribution in [3.05, 3.63) is 23.0 Å². The number of nitrogens with one attached hydrogen (secondary N) is 1. The molecule has 2 unspecified atom stereocenters. The Hall–Kier alpha value is -3.04. The molecular formula is C17H22N8O. The molecule has 2 aromatic heterocycles. The maximum atomic E-state index is 11.7. The first kappa shape index (κ1) is 17.8. The number of aliphatic hydroxyl groups is 1. The van der Waals surface area contributed by atoms with Gasteiger partial charge in [-0.3, -0.25) is 5.10 Å². The molecule has 0 aliphatic heterocycles. The van der Waals surface area contributed by atoms with Crippen molar-refractivity contribution in [1.29, 1.82) is 10.5 Å². The van der Waals surface area contributed by atoms with Crippen molar-refractivity contribution in [1.82, 2.24) is 20.0 Å². The van der Waals surface area contributed by atoms with Crippen LogP contribution in [-0.2, 0) is 12.1 Å². The first-order valence-electron chi connectivity index (χ1n) is 8.61. The Labute approximate surface area is 151 Å². The molecule has 6 N–H and O–H groups in total. The Morgan fingerprint density at radius 1 is 1.38 bits per heavy atom. The van der Waals surface area contributed by atoms with Crippen LogP contribution in [0.2, 0.25) is 0 Å². The van der Waals surface area contributed by atoms with Gasteiger partial charge in [-0.15, -0.1) is 0 Å². The molecule has 9 nitrogen and oxygen atoms in total. The fraction of sp³-hybridized carbons (Fsp3) is 0.529. The lowest BCUT2D eigenvalue weighted by Gasteiger charge is -2.38. The fourth-order valence-corrected chi connectivity index (χ4v) is 3.92. The van der Waals surface area contributed by atoms with Gasteiger partial charge in [0.2, 0.25) is 0 Å². The van der Waals surface area contributed by atoms with Crippen LogP contribution in [0.3, 0.4) is 0 Å². The summed E-state index contributed by atoms with van der Waals surface area (Å²) >= 11 is 0. The Morgan fingerprint density at radius 3 is 2.65 bits per heavy atom. The molecule has 1 fully saturated rings. The predicted octanol–water partition coefficient (Wildman–Crippen LogP) is 1.23. The zero-order chi connectivity index (χ0) is 18.9. The van der Waals surface area contributed by atoms with E-state index in [9.17, 15) is 15.6 Å². The fourth-order valence-electron chi connectivity index (χ4n) is 3.92. The highest BCUT2D eigenvalue weighted by molar-refractivity contribution is 5.52. The summed E-state index contributed by atoms with van der Waals surface area (Å²) in [5.74, 6) is 0.283. The summed E-state index contributed by atoms with van der Waals surface area (Å²) in [4.78, 5) is 0. The van der Waals surface area contributed by atoms with E-state index >= 15 is 0 Å². The lowest BCUT2D eigenvalue weighted by Crippen LogP contribution is -2.46. The van der Waals surface area contributed by atoms with E-state index in [1.807, 2.05) is 19.1 Å². The molecule has 1 aliphatic carbocycles. The molecule has 0 bridgehead atoms. The number of nitrogens with two attached hydrogens (primary N) is 2. The lowest BCUT2D eigenvalue weighted by atomic mass is 9.81. The van der Waals surface area contributed by atoms with Crippen LogP contribution in [0.25, 0.3) is 0 Å². The van der Waals surface area contributed by atoms with Crippen LogP contribution in [0, 0.1) is 34.5 Å². The predicted molar refractivity (Wildman–Crippen MR) is 94.1 cm³/mol. The van der Waals surface area contributed by atoms with E-state index < -0.39 is 5.72 Å². The topological polar surface area (TPSA) is 166 Å². The molecule has 2 heterocycles.